The monoisotopic (exact) mass is 422 g/mol. The number of nitrogens with zero attached hydrogens (tertiary/aromatic N) is 1. The highest BCUT2D eigenvalue weighted by molar-refractivity contribution is 5.88. The molecule has 0 aromatic carbocycles. The van der Waals surface area contributed by atoms with Gasteiger partial charge in [-0.2, -0.15) is 0 Å². The third-order valence-electron chi connectivity index (χ3n) is 7.27. The van der Waals surface area contributed by atoms with Crippen LogP contribution in [0.5, 0.6) is 0 Å². The first kappa shape index (κ1) is 24.0. The molecule has 3 rings (SSSR count). The predicted molar refractivity (Wildman–Crippen MR) is 121 cm³/mol. The number of nitrogens with one attached hydrogen (secondary N) is 1. The number of unbranched alkanes of at least 4 members (excludes halogenated alkanes) is 5. The van der Waals surface area contributed by atoms with Crippen molar-refractivity contribution in [3.05, 3.63) is 0 Å². The van der Waals surface area contributed by atoms with E-state index in [2.05, 4.69) is 39.9 Å². The number of amides is 1. The van der Waals surface area contributed by atoms with Gasteiger partial charge in [-0.15, -0.1) is 0 Å². The van der Waals surface area contributed by atoms with Crippen molar-refractivity contribution in [1.29, 1.82) is 0 Å². The molecular weight excluding hydrogens is 376 g/mol. The third-order valence-corrected chi connectivity index (χ3v) is 7.27. The molecule has 30 heavy (non-hydrogen) atoms. The molecule has 3 fully saturated rings. The Kier molecular flexibility index (Phi) is 6.97. The van der Waals surface area contributed by atoms with Gasteiger partial charge in [-0.25, -0.2) is 0 Å². The number of hydrogen-bond donors (Lipinski definition) is 2. The van der Waals surface area contributed by atoms with E-state index >= 15 is 0 Å². The van der Waals surface area contributed by atoms with Gasteiger partial charge in [0.15, 0.2) is 5.60 Å². The molecule has 0 aromatic heterocycles. The number of hydrogen-bond acceptors (Lipinski definition) is 4. The van der Waals surface area contributed by atoms with Crippen LogP contribution in [-0.2, 0) is 9.53 Å². The van der Waals surface area contributed by atoms with Crippen LogP contribution in [0, 0.1) is 5.92 Å². The summed E-state index contributed by atoms with van der Waals surface area (Å²) in [6.45, 7) is 13.1. The number of aliphatic hydroxyl groups is 1. The minimum Gasteiger partial charge on any atom is -0.392 e. The summed E-state index contributed by atoms with van der Waals surface area (Å²) in [6.07, 6.45) is 11.9. The molecule has 0 bridgehead atoms. The fraction of sp³-hybridized carbons (Fsp3) is 0.960. The summed E-state index contributed by atoms with van der Waals surface area (Å²) in [5.41, 5.74) is -1.59. The molecule has 3 aliphatic rings. The number of rotatable bonds is 9. The van der Waals surface area contributed by atoms with E-state index in [9.17, 15) is 9.90 Å². The number of aliphatic hydroxyl groups excluding tert-OH is 1. The van der Waals surface area contributed by atoms with Crippen LogP contribution < -0.4 is 5.32 Å². The number of carbonyl (C=O) groups is 1. The zero-order valence-electron chi connectivity index (χ0n) is 20.4. The zero-order valence-corrected chi connectivity index (χ0v) is 20.4. The Morgan fingerprint density at radius 2 is 1.63 bits per heavy atom. The van der Waals surface area contributed by atoms with Crippen molar-refractivity contribution in [2.45, 2.75) is 141 Å². The molecular formula is C25H46N2O3. The van der Waals surface area contributed by atoms with Gasteiger partial charge in [0, 0.05) is 30.5 Å². The van der Waals surface area contributed by atoms with E-state index in [0.717, 1.165) is 12.8 Å². The van der Waals surface area contributed by atoms with Crippen molar-refractivity contribution >= 4 is 5.91 Å². The molecule has 1 saturated carbocycles. The second-order valence-corrected chi connectivity index (χ2v) is 11.9. The van der Waals surface area contributed by atoms with Crippen LogP contribution in [0.3, 0.4) is 0 Å². The van der Waals surface area contributed by atoms with Gasteiger partial charge in [0.25, 0.3) is 5.91 Å². The first-order chi connectivity index (χ1) is 13.9. The van der Waals surface area contributed by atoms with E-state index in [-0.39, 0.29) is 17.0 Å². The normalized spacial score (nSPS) is 32.6. The molecule has 2 heterocycles. The van der Waals surface area contributed by atoms with Gasteiger partial charge < -0.3 is 20.1 Å². The summed E-state index contributed by atoms with van der Waals surface area (Å²) in [5.74, 6) is 0.738. The highest BCUT2D eigenvalue weighted by Crippen LogP contribution is 2.56. The van der Waals surface area contributed by atoms with E-state index < -0.39 is 17.4 Å². The predicted octanol–water partition coefficient (Wildman–Crippen LogP) is 4.76. The quantitative estimate of drug-likeness (QED) is 0.526. The Labute approximate surface area is 184 Å². The van der Waals surface area contributed by atoms with Crippen LogP contribution in [0.2, 0.25) is 0 Å². The lowest BCUT2D eigenvalue weighted by Crippen LogP contribution is -2.65. The van der Waals surface area contributed by atoms with Crippen LogP contribution in [0.4, 0.5) is 0 Å². The standard InChI is InChI=1S/C25H46N2O3/c1-7-8-9-10-11-12-13-20-14-25(15-20)27(16-19(2)28)21(29)24(30-25)17-22(3,4)26-23(5,6)18-24/h19-20,26,28H,7-18H2,1-6H3. The molecule has 0 aromatic rings. The van der Waals surface area contributed by atoms with Gasteiger partial charge in [-0.3, -0.25) is 4.79 Å². The molecule has 2 N–H and O–H groups in total. The SMILES string of the molecule is CCCCCCCCC1CC2(C1)OC1(CC(C)(C)NC(C)(C)C1)C(=O)N2CC(C)O. The van der Waals surface area contributed by atoms with Crippen LogP contribution in [0.1, 0.15) is 112 Å². The molecule has 5 nitrogen and oxygen atoms in total. The molecule has 2 aliphatic heterocycles. The Balaban J connectivity index is 1.67. The third kappa shape index (κ3) is 5.05. The van der Waals surface area contributed by atoms with Gasteiger partial charge in [0.05, 0.1) is 6.10 Å². The first-order valence-electron chi connectivity index (χ1n) is 12.4. The molecule has 174 valence electrons. The van der Waals surface area contributed by atoms with Crippen molar-refractivity contribution in [2.75, 3.05) is 6.54 Å². The second-order valence-electron chi connectivity index (χ2n) is 11.9. The van der Waals surface area contributed by atoms with E-state index in [1.807, 2.05) is 4.90 Å². The maximum atomic E-state index is 13.7. The largest absolute Gasteiger partial charge is 0.392 e. The van der Waals surface area contributed by atoms with Gasteiger partial charge in [-0.1, -0.05) is 51.9 Å². The topological polar surface area (TPSA) is 61.8 Å². The van der Waals surface area contributed by atoms with Crippen molar-refractivity contribution in [2.24, 2.45) is 5.92 Å². The van der Waals surface area contributed by atoms with Gasteiger partial charge in [0.2, 0.25) is 0 Å². The fourth-order valence-electron chi connectivity index (χ4n) is 6.69. The van der Waals surface area contributed by atoms with Crippen LogP contribution in [-0.4, -0.2) is 51.0 Å². The van der Waals surface area contributed by atoms with Gasteiger partial charge in [0.1, 0.15) is 5.72 Å². The van der Waals surface area contributed by atoms with Crippen molar-refractivity contribution in [3.8, 4) is 0 Å². The molecule has 5 heteroatoms. The summed E-state index contributed by atoms with van der Waals surface area (Å²) in [6, 6.07) is 0. The summed E-state index contributed by atoms with van der Waals surface area (Å²) < 4.78 is 6.83. The number of ether oxygens (including phenoxy) is 1. The Hall–Kier alpha value is -0.650. The molecule has 2 spiro atoms. The van der Waals surface area contributed by atoms with Crippen molar-refractivity contribution < 1.29 is 14.6 Å². The smallest absolute Gasteiger partial charge is 0.257 e. The first-order valence-corrected chi connectivity index (χ1v) is 12.4. The summed E-state index contributed by atoms with van der Waals surface area (Å²) >= 11 is 0. The lowest BCUT2D eigenvalue weighted by atomic mass is 9.72. The average Bonchev–Trinajstić information content (AvgIpc) is 2.76. The van der Waals surface area contributed by atoms with E-state index in [4.69, 9.17) is 4.74 Å². The molecule has 0 radical (unpaired) electrons. The Morgan fingerprint density at radius 1 is 1.07 bits per heavy atom. The molecule has 1 atom stereocenters. The average molecular weight is 423 g/mol. The maximum absolute atomic E-state index is 13.7. The highest BCUT2D eigenvalue weighted by atomic mass is 16.6. The molecule has 2 saturated heterocycles. The van der Waals surface area contributed by atoms with Crippen LogP contribution in [0.15, 0.2) is 0 Å². The minimum atomic E-state index is -0.766. The van der Waals surface area contributed by atoms with E-state index in [1.165, 1.54) is 44.9 Å². The Morgan fingerprint density at radius 3 is 2.20 bits per heavy atom. The molecule has 1 amide bonds. The summed E-state index contributed by atoms with van der Waals surface area (Å²) in [7, 11) is 0. The van der Waals surface area contributed by atoms with Crippen LogP contribution in [0.25, 0.3) is 0 Å². The highest BCUT2D eigenvalue weighted by Gasteiger charge is 2.67. The fourth-order valence-corrected chi connectivity index (χ4v) is 6.69. The number of carbonyl (C=O) groups excluding carboxylic acids is 1. The lowest BCUT2D eigenvalue weighted by molar-refractivity contribution is -0.223. The maximum Gasteiger partial charge on any atom is 0.257 e. The zero-order chi connectivity index (χ0) is 22.2. The number of piperidine rings is 1. The minimum absolute atomic E-state index is 0.101. The van der Waals surface area contributed by atoms with E-state index in [0.29, 0.717) is 25.3 Å². The van der Waals surface area contributed by atoms with Gasteiger partial charge in [-0.05, 0) is 53.4 Å². The van der Waals surface area contributed by atoms with Gasteiger partial charge >= 0.3 is 0 Å². The van der Waals surface area contributed by atoms with E-state index in [1.54, 1.807) is 6.92 Å². The molecule has 1 unspecified atom stereocenters. The molecule has 1 aliphatic carbocycles. The summed E-state index contributed by atoms with van der Waals surface area (Å²) in [5, 5.41) is 13.8. The summed E-state index contributed by atoms with van der Waals surface area (Å²) in [4.78, 5) is 15.6. The lowest BCUT2D eigenvalue weighted by Gasteiger charge is -2.52. The van der Waals surface area contributed by atoms with Crippen LogP contribution >= 0.6 is 0 Å². The van der Waals surface area contributed by atoms with Crippen molar-refractivity contribution in [1.82, 2.24) is 10.2 Å². The Bertz CT molecular complexity index is 592. The number of β-amino-alcohol motifs (C(OH)–C–C–N with tert-alkyl or cyclic N) is 1. The second kappa shape index (κ2) is 8.71. The van der Waals surface area contributed by atoms with Crippen molar-refractivity contribution in [3.63, 3.8) is 0 Å².